The summed E-state index contributed by atoms with van der Waals surface area (Å²) >= 11 is 1.03. The highest BCUT2D eigenvalue weighted by atomic mass is 32.2. The van der Waals surface area contributed by atoms with Crippen molar-refractivity contribution in [3.8, 4) is 0 Å². The standard InChI is InChI=1S/C7H12F2OS/c1-5(8)7(9)3-4-11-6(2)10/h5,7H,3-4H2,1-2H3. The first-order chi connectivity index (χ1) is 5.04. The zero-order chi connectivity index (χ0) is 8.85. The van der Waals surface area contributed by atoms with Crippen molar-refractivity contribution in [3.63, 3.8) is 0 Å². The van der Waals surface area contributed by atoms with Crippen LogP contribution in [0.4, 0.5) is 8.78 Å². The van der Waals surface area contributed by atoms with Gasteiger partial charge in [-0.15, -0.1) is 0 Å². The minimum Gasteiger partial charge on any atom is -0.288 e. The van der Waals surface area contributed by atoms with Gasteiger partial charge < -0.3 is 0 Å². The van der Waals surface area contributed by atoms with Gasteiger partial charge in [0.2, 0.25) is 0 Å². The van der Waals surface area contributed by atoms with E-state index in [1.807, 2.05) is 0 Å². The summed E-state index contributed by atoms with van der Waals surface area (Å²) in [5.41, 5.74) is 0. The van der Waals surface area contributed by atoms with Gasteiger partial charge in [-0.2, -0.15) is 0 Å². The van der Waals surface area contributed by atoms with Crippen LogP contribution in [0.25, 0.3) is 0 Å². The molecule has 0 rings (SSSR count). The Morgan fingerprint density at radius 1 is 1.55 bits per heavy atom. The van der Waals surface area contributed by atoms with Gasteiger partial charge in [-0.25, -0.2) is 8.78 Å². The summed E-state index contributed by atoms with van der Waals surface area (Å²) in [6.07, 6.45) is -2.74. The Hall–Kier alpha value is -0.120. The molecule has 0 aromatic carbocycles. The number of alkyl halides is 2. The van der Waals surface area contributed by atoms with Crippen LogP contribution in [-0.2, 0) is 4.79 Å². The zero-order valence-electron chi connectivity index (χ0n) is 6.64. The normalized spacial score (nSPS) is 16.0. The zero-order valence-corrected chi connectivity index (χ0v) is 7.46. The molecule has 0 bridgehead atoms. The van der Waals surface area contributed by atoms with Crippen LogP contribution in [0, 0.1) is 0 Å². The van der Waals surface area contributed by atoms with E-state index in [0.29, 0.717) is 5.75 Å². The van der Waals surface area contributed by atoms with Crippen LogP contribution in [0.15, 0.2) is 0 Å². The van der Waals surface area contributed by atoms with Gasteiger partial charge in [0, 0.05) is 12.7 Å². The van der Waals surface area contributed by atoms with Gasteiger partial charge in [0.25, 0.3) is 0 Å². The smallest absolute Gasteiger partial charge is 0.185 e. The molecule has 0 radical (unpaired) electrons. The van der Waals surface area contributed by atoms with Crippen molar-refractivity contribution in [1.29, 1.82) is 0 Å². The number of carbonyl (C=O) groups excluding carboxylic acids is 1. The van der Waals surface area contributed by atoms with Gasteiger partial charge in [-0.1, -0.05) is 11.8 Å². The van der Waals surface area contributed by atoms with Crippen LogP contribution in [0.5, 0.6) is 0 Å². The fourth-order valence-electron chi connectivity index (χ4n) is 0.545. The first-order valence-corrected chi connectivity index (χ1v) is 4.44. The number of hydrogen-bond donors (Lipinski definition) is 0. The lowest BCUT2D eigenvalue weighted by Crippen LogP contribution is -2.14. The molecule has 0 aromatic rings. The molecule has 0 aliphatic carbocycles. The minimum atomic E-state index is -1.43. The van der Waals surface area contributed by atoms with E-state index in [1.165, 1.54) is 13.8 Å². The maximum atomic E-state index is 12.5. The summed E-state index contributed by atoms with van der Waals surface area (Å²) in [4.78, 5) is 10.3. The van der Waals surface area contributed by atoms with Crippen molar-refractivity contribution in [2.45, 2.75) is 32.6 Å². The Balaban J connectivity index is 3.31. The number of thioether (sulfide) groups is 1. The first-order valence-electron chi connectivity index (χ1n) is 3.45. The third kappa shape index (κ3) is 6.28. The molecule has 0 aliphatic heterocycles. The molecule has 0 saturated heterocycles. The van der Waals surface area contributed by atoms with Gasteiger partial charge in [-0.05, 0) is 13.3 Å². The molecule has 2 atom stereocenters. The Kier molecular flexibility index (Phi) is 5.46. The lowest BCUT2D eigenvalue weighted by atomic mass is 10.2. The minimum absolute atomic E-state index is 0.0521. The number of halogens is 2. The average molecular weight is 182 g/mol. The maximum Gasteiger partial charge on any atom is 0.185 e. The number of rotatable bonds is 4. The largest absolute Gasteiger partial charge is 0.288 e. The van der Waals surface area contributed by atoms with Crippen molar-refractivity contribution in [2.24, 2.45) is 0 Å². The molecule has 2 unspecified atom stereocenters. The summed E-state index contributed by atoms with van der Waals surface area (Å²) < 4.78 is 24.6. The lowest BCUT2D eigenvalue weighted by molar-refractivity contribution is -0.109. The monoisotopic (exact) mass is 182 g/mol. The summed E-state index contributed by atoms with van der Waals surface area (Å²) in [5.74, 6) is 0.366. The van der Waals surface area contributed by atoms with E-state index in [2.05, 4.69) is 0 Å². The van der Waals surface area contributed by atoms with Crippen molar-refractivity contribution >= 4 is 16.9 Å². The fourth-order valence-corrected chi connectivity index (χ4v) is 1.18. The summed E-state index contributed by atoms with van der Waals surface area (Å²) in [7, 11) is 0. The molecule has 0 spiro atoms. The molecule has 0 aliphatic rings. The van der Waals surface area contributed by atoms with Gasteiger partial charge in [-0.3, -0.25) is 4.79 Å². The van der Waals surface area contributed by atoms with E-state index in [-0.39, 0.29) is 11.5 Å². The molecule has 0 heterocycles. The number of carbonyl (C=O) groups is 1. The second-order valence-electron chi connectivity index (χ2n) is 2.32. The molecule has 0 amide bonds. The molecule has 0 N–H and O–H groups in total. The van der Waals surface area contributed by atoms with Crippen LogP contribution in [0.1, 0.15) is 20.3 Å². The van der Waals surface area contributed by atoms with Gasteiger partial charge in [0.15, 0.2) is 5.12 Å². The molecule has 4 heteroatoms. The predicted octanol–water partition coefficient (Wildman–Crippen LogP) is 2.35. The van der Waals surface area contributed by atoms with Crippen molar-refractivity contribution in [3.05, 3.63) is 0 Å². The van der Waals surface area contributed by atoms with E-state index < -0.39 is 12.3 Å². The first kappa shape index (κ1) is 10.9. The van der Waals surface area contributed by atoms with E-state index in [0.717, 1.165) is 11.8 Å². The van der Waals surface area contributed by atoms with Crippen LogP contribution in [0.3, 0.4) is 0 Å². The lowest BCUT2D eigenvalue weighted by Gasteiger charge is -2.06. The van der Waals surface area contributed by atoms with Crippen LogP contribution in [0.2, 0.25) is 0 Å². The highest BCUT2D eigenvalue weighted by Gasteiger charge is 2.14. The molecular weight excluding hydrogens is 170 g/mol. The Labute approximate surface area is 69.5 Å². The van der Waals surface area contributed by atoms with Crippen molar-refractivity contribution in [1.82, 2.24) is 0 Å². The van der Waals surface area contributed by atoms with E-state index in [4.69, 9.17) is 0 Å². The molecule has 11 heavy (non-hydrogen) atoms. The van der Waals surface area contributed by atoms with Crippen molar-refractivity contribution in [2.75, 3.05) is 5.75 Å². The molecule has 0 saturated carbocycles. The third-order valence-electron chi connectivity index (χ3n) is 1.20. The third-order valence-corrected chi connectivity index (χ3v) is 2.04. The maximum absolute atomic E-state index is 12.5. The van der Waals surface area contributed by atoms with Gasteiger partial charge in [0.1, 0.15) is 12.3 Å². The Bertz CT molecular complexity index is 128. The quantitative estimate of drug-likeness (QED) is 0.664. The van der Waals surface area contributed by atoms with Gasteiger partial charge >= 0.3 is 0 Å². The second-order valence-corrected chi connectivity index (χ2v) is 3.59. The molecule has 0 fully saturated rings. The van der Waals surface area contributed by atoms with Crippen molar-refractivity contribution < 1.29 is 13.6 Å². The van der Waals surface area contributed by atoms with E-state index >= 15 is 0 Å². The average Bonchev–Trinajstić information content (AvgIpc) is 1.86. The SMILES string of the molecule is CC(=O)SCCC(F)C(C)F. The highest BCUT2D eigenvalue weighted by Crippen LogP contribution is 2.12. The van der Waals surface area contributed by atoms with Crippen LogP contribution >= 0.6 is 11.8 Å². The molecule has 0 aromatic heterocycles. The highest BCUT2D eigenvalue weighted by molar-refractivity contribution is 8.13. The Morgan fingerprint density at radius 3 is 2.45 bits per heavy atom. The van der Waals surface area contributed by atoms with Crippen LogP contribution < -0.4 is 0 Å². The fraction of sp³-hybridized carbons (Fsp3) is 0.857. The predicted molar refractivity (Wildman–Crippen MR) is 43.2 cm³/mol. The number of hydrogen-bond acceptors (Lipinski definition) is 2. The molecular formula is C7H12F2OS. The summed E-state index contributed by atoms with van der Waals surface area (Å²) in [6.45, 7) is 2.60. The van der Waals surface area contributed by atoms with Gasteiger partial charge in [0.05, 0.1) is 0 Å². The topological polar surface area (TPSA) is 17.1 Å². The molecule has 1 nitrogen and oxygen atoms in total. The summed E-state index contributed by atoms with van der Waals surface area (Å²) in [5, 5.41) is -0.0521. The van der Waals surface area contributed by atoms with Crippen LogP contribution in [-0.4, -0.2) is 23.2 Å². The van der Waals surface area contributed by atoms with E-state index in [1.54, 1.807) is 0 Å². The summed E-state index contributed by atoms with van der Waals surface area (Å²) in [6, 6.07) is 0. The Morgan fingerprint density at radius 2 is 2.09 bits per heavy atom. The van der Waals surface area contributed by atoms with E-state index in [9.17, 15) is 13.6 Å². The molecule has 66 valence electrons. The second kappa shape index (κ2) is 5.52.